The molecule has 1 atom stereocenters. The molecular formula is C15H20BrN3O. The van der Waals surface area contributed by atoms with Crippen molar-refractivity contribution in [2.45, 2.75) is 32.7 Å². The highest BCUT2D eigenvalue weighted by Crippen LogP contribution is 2.19. The maximum absolute atomic E-state index is 5.35. The lowest BCUT2D eigenvalue weighted by molar-refractivity contribution is 0.345. The first-order chi connectivity index (χ1) is 9.58. The second kappa shape index (κ2) is 6.99. The van der Waals surface area contributed by atoms with Gasteiger partial charge in [0.15, 0.2) is 0 Å². The van der Waals surface area contributed by atoms with Gasteiger partial charge in [-0.15, -0.1) is 0 Å². The fraction of sp³-hybridized carbons (Fsp3) is 0.467. The van der Waals surface area contributed by atoms with Gasteiger partial charge in [-0.25, -0.2) is 0 Å². The number of aromatic nitrogens is 2. The molecule has 0 bridgehead atoms. The van der Waals surface area contributed by atoms with Crippen LogP contribution in [0, 0.1) is 5.92 Å². The zero-order chi connectivity index (χ0) is 14.5. The Morgan fingerprint density at radius 3 is 2.55 bits per heavy atom. The van der Waals surface area contributed by atoms with Crippen molar-refractivity contribution in [2.24, 2.45) is 5.92 Å². The van der Waals surface area contributed by atoms with Crippen LogP contribution in [0.15, 0.2) is 33.3 Å². The van der Waals surface area contributed by atoms with E-state index in [1.54, 1.807) is 0 Å². The molecule has 1 unspecified atom stereocenters. The summed E-state index contributed by atoms with van der Waals surface area (Å²) in [6, 6.07) is 8.26. The zero-order valence-electron chi connectivity index (χ0n) is 12.1. The number of halogens is 1. The molecular weight excluding hydrogens is 318 g/mol. The minimum atomic E-state index is 0.369. The van der Waals surface area contributed by atoms with Crippen LogP contribution in [-0.4, -0.2) is 23.2 Å². The normalized spacial score (nSPS) is 12.8. The summed E-state index contributed by atoms with van der Waals surface area (Å²) in [5, 5.41) is 7.36. The van der Waals surface area contributed by atoms with Crippen molar-refractivity contribution in [3.05, 3.63) is 34.6 Å². The Labute approximate surface area is 128 Å². The van der Waals surface area contributed by atoms with E-state index in [1.165, 1.54) is 0 Å². The largest absolute Gasteiger partial charge is 0.339 e. The number of nitrogens with one attached hydrogen (secondary N) is 1. The van der Waals surface area contributed by atoms with Crippen molar-refractivity contribution in [1.29, 1.82) is 0 Å². The van der Waals surface area contributed by atoms with Crippen LogP contribution in [0.2, 0.25) is 0 Å². The number of likely N-dealkylation sites (N-methyl/N-ethyl adjacent to an activating group) is 1. The van der Waals surface area contributed by atoms with Crippen molar-refractivity contribution in [2.75, 3.05) is 7.05 Å². The van der Waals surface area contributed by atoms with E-state index < -0.39 is 0 Å². The van der Waals surface area contributed by atoms with Gasteiger partial charge in [-0.1, -0.05) is 34.9 Å². The van der Waals surface area contributed by atoms with E-state index in [9.17, 15) is 0 Å². The molecule has 4 nitrogen and oxygen atoms in total. The molecule has 1 aromatic carbocycles. The standard InChI is InChI=1S/C15H20BrN3O/c1-10(2)8-13(17-3)9-14-18-15(19-20-14)11-4-6-12(16)7-5-11/h4-7,10,13,17H,8-9H2,1-3H3. The lowest BCUT2D eigenvalue weighted by Gasteiger charge is -2.15. The highest BCUT2D eigenvalue weighted by molar-refractivity contribution is 9.10. The van der Waals surface area contributed by atoms with Crippen molar-refractivity contribution in [3.63, 3.8) is 0 Å². The number of hydrogen-bond donors (Lipinski definition) is 1. The molecule has 1 N–H and O–H groups in total. The fourth-order valence-corrected chi connectivity index (χ4v) is 2.40. The third-order valence-corrected chi connectivity index (χ3v) is 3.68. The minimum absolute atomic E-state index is 0.369. The van der Waals surface area contributed by atoms with Gasteiger partial charge in [0.25, 0.3) is 0 Å². The molecule has 0 spiro atoms. The Balaban J connectivity index is 2.06. The van der Waals surface area contributed by atoms with Gasteiger partial charge < -0.3 is 9.84 Å². The van der Waals surface area contributed by atoms with Crippen LogP contribution in [0.25, 0.3) is 11.4 Å². The average Bonchev–Trinajstić information content (AvgIpc) is 2.87. The van der Waals surface area contributed by atoms with Crippen LogP contribution in [0.4, 0.5) is 0 Å². The van der Waals surface area contributed by atoms with E-state index >= 15 is 0 Å². The summed E-state index contributed by atoms with van der Waals surface area (Å²) in [7, 11) is 1.97. The van der Waals surface area contributed by atoms with Crippen molar-refractivity contribution in [3.8, 4) is 11.4 Å². The Morgan fingerprint density at radius 1 is 1.25 bits per heavy atom. The van der Waals surface area contributed by atoms with Crippen LogP contribution in [-0.2, 0) is 6.42 Å². The van der Waals surface area contributed by atoms with Gasteiger partial charge in [-0.2, -0.15) is 4.98 Å². The molecule has 5 heteroatoms. The van der Waals surface area contributed by atoms with Gasteiger partial charge >= 0.3 is 0 Å². The van der Waals surface area contributed by atoms with Gasteiger partial charge in [-0.05, 0) is 43.7 Å². The van der Waals surface area contributed by atoms with Crippen molar-refractivity contribution in [1.82, 2.24) is 15.5 Å². The Hall–Kier alpha value is -1.20. The van der Waals surface area contributed by atoms with Crippen LogP contribution < -0.4 is 5.32 Å². The summed E-state index contributed by atoms with van der Waals surface area (Å²) in [6.45, 7) is 4.43. The summed E-state index contributed by atoms with van der Waals surface area (Å²) < 4.78 is 6.39. The predicted molar refractivity (Wildman–Crippen MR) is 83.4 cm³/mol. The first-order valence-electron chi connectivity index (χ1n) is 6.84. The number of benzene rings is 1. The van der Waals surface area contributed by atoms with E-state index in [-0.39, 0.29) is 0 Å². The SMILES string of the molecule is CNC(Cc1nc(-c2ccc(Br)cc2)no1)CC(C)C. The highest BCUT2D eigenvalue weighted by Gasteiger charge is 2.15. The van der Waals surface area contributed by atoms with Crippen LogP contribution in [0.3, 0.4) is 0 Å². The molecule has 0 saturated carbocycles. The molecule has 2 aromatic rings. The van der Waals surface area contributed by atoms with Gasteiger partial charge in [0.1, 0.15) is 0 Å². The van der Waals surface area contributed by atoms with Crippen LogP contribution in [0.5, 0.6) is 0 Å². The Morgan fingerprint density at radius 2 is 1.95 bits per heavy atom. The van der Waals surface area contributed by atoms with Crippen molar-refractivity contribution >= 4 is 15.9 Å². The molecule has 1 heterocycles. The average molecular weight is 338 g/mol. The lowest BCUT2D eigenvalue weighted by Crippen LogP contribution is -2.29. The summed E-state index contributed by atoms with van der Waals surface area (Å²) >= 11 is 3.42. The third kappa shape index (κ3) is 4.15. The van der Waals surface area contributed by atoms with Gasteiger partial charge in [-0.3, -0.25) is 0 Å². The second-order valence-electron chi connectivity index (χ2n) is 5.34. The molecule has 0 saturated heterocycles. The first-order valence-corrected chi connectivity index (χ1v) is 7.63. The lowest BCUT2D eigenvalue weighted by atomic mass is 10.0. The molecule has 20 heavy (non-hydrogen) atoms. The van der Waals surface area contributed by atoms with E-state index in [2.05, 4.69) is 45.2 Å². The molecule has 0 amide bonds. The molecule has 0 aliphatic heterocycles. The number of rotatable bonds is 6. The minimum Gasteiger partial charge on any atom is -0.339 e. The van der Waals surface area contributed by atoms with Crippen LogP contribution in [0.1, 0.15) is 26.2 Å². The van der Waals surface area contributed by atoms with Gasteiger partial charge in [0.05, 0.1) is 0 Å². The smallest absolute Gasteiger partial charge is 0.228 e. The molecule has 1 aromatic heterocycles. The first kappa shape index (κ1) is 15.2. The van der Waals surface area contributed by atoms with Gasteiger partial charge in [0.2, 0.25) is 11.7 Å². The van der Waals surface area contributed by atoms with Crippen LogP contribution >= 0.6 is 15.9 Å². The molecule has 108 valence electrons. The Bertz CT molecular complexity index is 536. The molecule has 2 rings (SSSR count). The summed E-state index contributed by atoms with van der Waals surface area (Å²) in [5.41, 5.74) is 0.966. The molecule has 0 aliphatic carbocycles. The predicted octanol–water partition coefficient (Wildman–Crippen LogP) is 3.68. The maximum Gasteiger partial charge on any atom is 0.228 e. The number of nitrogens with zero attached hydrogens (tertiary/aromatic N) is 2. The molecule has 0 radical (unpaired) electrons. The van der Waals surface area contributed by atoms with Gasteiger partial charge in [0, 0.05) is 22.5 Å². The van der Waals surface area contributed by atoms with Crippen molar-refractivity contribution < 1.29 is 4.52 Å². The highest BCUT2D eigenvalue weighted by atomic mass is 79.9. The van der Waals surface area contributed by atoms with E-state index in [0.717, 1.165) is 22.9 Å². The second-order valence-corrected chi connectivity index (χ2v) is 6.25. The van der Waals surface area contributed by atoms with E-state index in [0.29, 0.717) is 23.7 Å². The number of hydrogen-bond acceptors (Lipinski definition) is 4. The summed E-state index contributed by atoms with van der Waals surface area (Å²) in [4.78, 5) is 4.47. The molecule has 0 aliphatic rings. The summed E-state index contributed by atoms with van der Waals surface area (Å²) in [5.74, 6) is 1.97. The maximum atomic E-state index is 5.35. The topological polar surface area (TPSA) is 51.0 Å². The van der Waals surface area contributed by atoms with E-state index in [4.69, 9.17) is 4.52 Å². The fourth-order valence-electron chi connectivity index (χ4n) is 2.14. The summed E-state index contributed by atoms with van der Waals surface area (Å²) in [6.07, 6.45) is 1.85. The quantitative estimate of drug-likeness (QED) is 0.873. The molecule has 0 fully saturated rings. The Kier molecular flexibility index (Phi) is 5.31. The third-order valence-electron chi connectivity index (χ3n) is 3.16. The van der Waals surface area contributed by atoms with E-state index in [1.807, 2.05) is 31.3 Å². The zero-order valence-corrected chi connectivity index (χ0v) is 13.6. The monoisotopic (exact) mass is 337 g/mol.